The zero-order chi connectivity index (χ0) is 21.5. The number of aryl methyl sites for hydroxylation is 1. The number of carbonyl (C=O) groups excluding carboxylic acids is 3. The molecule has 3 rings (SSSR count). The highest BCUT2D eigenvalue weighted by atomic mass is 32.2. The Labute approximate surface area is 182 Å². The van der Waals surface area contributed by atoms with Crippen molar-refractivity contribution in [1.29, 1.82) is 0 Å². The number of ether oxygens (including phenoxy) is 1. The molecule has 0 atom stereocenters. The fourth-order valence-electron chi connectivity index (χ4n) is 2.66. The van der Waals surface area contributed by atoms with Crippen molar-refractivity contribution in [3.05, 3.63) is 76.0 Å². The Morgan fingerprint density at radius 1 is 1.00 bits per heavy atom. The van der Waals surface area contributed by atoms with Crippen molar-refractivity contribution in [3.63, 3.8) is 0 Å². The number of thiophene rings is 1. The minimum atomic E-state index is -0.489. The Balaban J connectivity index is 1.64. The number of benzene rings is 2. The highest BCUT2D eigenvalue weighted by Gasteiger charge is 2.16. The molecule has 2 aromatic carbocycles. The first kappa shape index (κ1) is 21.6. The summed E-state index contributed by atoms with van der Waals surface area (Å²) in [6.45, 7) is 1.93. The first-order chi connectivity index (χ1) is 14.5. The molecule has 2 amide bonds. The number of hydrogen-bond donors (Lipinski definition) is 2. The summed E-state index contributed by atoms with van der Waals surface area (Å²) in [4.78, 5) is 37.8. The molecule has 1 aromatic heterocycles. The molecule has 0 aliphatic rings. The van der Waals surface area contributed by atoms with Gasteiger partial charge in [0.1, 0.15) is 4.88 Å². The standard InChI is InChI=1S/C22H20N2O4S2/c1-14-6-5-7-15(12-14)21(26)24-16-8-3-4-9-18(16)30-13-19(25)23-17-10-11-29-20(17)22(27)28-2/h3-12H,13H2,1-2H3,(H,23,25)(H,24,26). The number of hydrogen-bond acceptors (Lipinski definition) is 6. The van der Waals surface area contributed by atoms with Crippen LogP contribution >= 0.6 is 23.1 Å². The van der Waals surface area contributed by atoms with Crippen LogP contribution in [0.2, 0.25) is 0 Å². The van der Waals surface area contributed by atoms with Crippen molar-refractivity contribution in [2.75, 3.05) is 23.5 Å². The molecule has 8 heteroatoms. The number of para-hydroxylation sites is 1. The lowest BCUT2D eigenvalue weighted by molar-refractivity contribution is -0.113. The minimum absolute atomic E-state index is 0.119. The van der Waals surface area contributed by atoms with Gasteiger partial charge in [0.15, 0.2) is 0 Å². The molecule has 0 bridgehead atoms. The zero-order valence-electron chi connectivity index (χ0n) is 16.4. The number of anilines is 2. The summed E-state index contributed by atoms with van der Waals surface area (Å²) in [6, 6.07) is 16.3. The molecule has 1 heterocycles. The number of methoxy groups -OCH3 is 1. The Morgan fingerprint density at radius 2 is 1.80 bits per heavy atom. The van der Waals surface area contributed by atoms with E-state index in [0.29, 0.717) is 21.8 Å². The van der Waals surface area contributed by atoms with E-state index in [1.165, 1.54) is 30.2 Å². The van der Waals surface area contributed by atoms with Crippen LogP contribution in [0.3, 0.4) is 0 Å². The lowest BCUT2D eigenvalue weighted by atomic mass is 10.1. The van der Waals surface area contributed by atoms with E-state index in [-0.39, 0.29) is 17.6 Å². The molecular weight excluding hydrogens is 420 g/mol. The Bertz CT molecular complexity index is 1080. The summed E-state index contributed by atoms with van der Waals surface area (Å²) in [6.07, 6.45) is 0. The lowest BCUT2D eigenvalue weighted by Gasteiger charge is -2.11. The van der Waals surface area contributed by atoms with Crippen molar-refractivity contribution in [2.24, 2.45) is 0 Å². The van der Waals surface area contributed by atoms with Gasteiger partial charge in [-0.25, -0.2) is 4.79 Å². The third-order valence-corrected chi connectivity index (χ3v) is 6.05. The molecule has 0 unspecified atom stereocenters. The van der Waals surface area contributed by atoms with Crippen LogP contribution in [-0.2, 0) is 9.53 Å². The summed E-state index contributed by atoms with van der Waals surface area (Å²) in [7, 11) is 1.30. The maximum absolute atomic E-state index is 12.6. The SMILES string of the molecule is COC(=O)c1sccc1NC(=O)CSc1ccccc1NC(=O)c1cccc(C)c1. The average molecular weight is 441 g/mol. The second-order valence-corrected chi connectivity index (χ2v) is 8.24. The molecule has 30 heavy (non-hydrogen) atoms. The molecule has 3 aromatic rings. The Hall–Kier alpha value is -3.10. The molecule has 0 saturated carbocycles. The molecule has 0 radical (unpaired) electrons. The first-order valence-corrected chi connectivity index (χ1v) is 10.9. The molecular formula is C22H20N2O4S2. The van der Waals surface area contributed by atoms with Crippen molar-refractivity contribution >= 4 is 52.3 Å². The van der Waals surface area contributed by atoms with Gasteiger partial charge < -0.3 is 15.4 Å². The van der Waals surface area contributed by atoms with Crippen LogP contribution in [0.4, 0.5) is 11.4 Å². The summed E-state index contributed by atoms with van der Waals surface area (Å²) in [5.41, 5.74) is 2.63. The average Bonchev–Trinajstić information content (AvgIpc) is 3.20. The molecule has 154 valence electrons. The Morgan fingerprint density at radius 3 is 2.57 bits per heavy atom. The highest BCUT2D eigenvalue weighted by Crippen LogP contribution is 2.28. The number of amides is 2. The van der Waals surface area contributed by atoms with Gasteiger partial charge in [-0.05, 0) is 42.6 Å². The summed E-state index contributed by atoms with van der Waals surface area (Å²) in [5.74, 6) is -0.842. The number of nitrogens with one attached hydrogen (secondary N) is 2. The van der Waals surface area contributed by atoms with Crippen molar-refractivity contribution in [3.8, 4) is 0 Å². The largest absolute Gasteiger partial charge is 0.465 e. The van der Waals surface area contributed by atoms with Gasteiger partial charge in [0.05, 0.1) is 24.2 Å². The summed E-state index contributed by atoms with van der Waals surface area (Å²) in [5, 5.41) is 7.35. The van der Waals surface area contributed by atoms with Crippen molar-refractivity contribution in [1.82, 2.24) is 0 Å². The van der Waals surface area contributed by atoms with E-state index in [1.54, 1.807) is 23.6 Å². The van der Waals surface area contributed by atoms with Crippen LogP contribution in [0.5, 0.6) is 0 Å². The third-order valence-electron chi connectivity index (χ3n) is 4.08. The summed E-state index contributed by atoms with van der Waals surface area (Å²) < 4.78 is 4.72. The van der Waals surface area contributed by atoms with Gasteiger partial charge >= 0.3 is 5.97 Å². The van der Waals surface area contributed by atoms with Crippen LogP contribution in [0.1, 0.15) is 25.6 Å². The van der Waals surface area contributed by atoms with E-state index >= 15 is 0 Å². The smallest absolute Gasteiger partial charge is 0.350 e. The van der Waals surface area contributed by atoms with Gasteiger partial charge in [-0.1, -0.05) is 29.8 Å². The van der Waals surface area contributed by atoms with E-state index in [9.17, 15) is 14.4 Å². The predicted molar refractivity (Wildman–Crippen MR) is 121 cm³/mol. The minimum Gasteiger partial charge on any atom is -0.465 e. The van der Waals surface area contributed by atoms with Gasteiger partial charge in [0.25, 0.3) is 5.91 Å². The van der Waals surface area contributed by atoms with Gasteiger partial charge in [0.2, 0.25) is 5.91 Å². The fraction of sp³-hybridized carbons (Fsp3) is 0.136. The predicted octanol–water partition coefficient (Wildman–Crippen LogP) is 4.83. The van der Waals surface area contributed by atoms with Crippen LogP contribution in [0.25, 0.3) is 0 Å². The number of carbonyl (C=O) groups is 3. The molecule has 0 spiro atoms. The maximum atomic E-state index is 12.6. The maximum Gasteiger partial charge on any atom is 0.350 e. The lowest BCUT2D eigenvalue weighted by Crippen LogP contribution is -2.16. The molecule has 2 N–H and O–H groups in total. The monoisotopic (exact) mass is 440 g/mol. The third kappa shape index (κ3) is 5.49. The van der Waals surface area contributed by atoms with Crippen LogP contribution in [-0.4, -0.2) is 30.6 Å². The normalized spacial score (nSPS) is 10.3. The van der Waals surface area contributed by atoms with Crippen molar-refractivity contribution < 1.29 is 19.1 Å². The summed E-state index contributed by atoms with van der Waals surface area (Å²) >= 11 is 2.50. The van der Waals surface area contributed by atoms with Crippen molar-refractivity contribution in [2.45, 2.75) is 11.8 Å². The van der Waals surface area contributed by atoms with Crippen LogP contribution < -0.4 is 10.6 Å². The second-order valence-electron chi connectivity index (χ2n) is 6.31. The molecule has 6 nitrogen and oxygen atoms in total. The van der Waals surface area contributed by atoms with Gasteiger partial charge in [-0.2, -0.15) is 0 Å². The van der Waals surface area contributed by atoms with Gasteiger partial charge in [-0.3, -0.25) is 9.59 Å². The fourth-order valence-corrected chi connectivity index (χ4v) is 4.24. The topological polar surface area (TPSA) is 84.5 Å². The van der Waals surface area contributed by atoms with E-state index in [1.807, 2.05) is 43.3 Å². The number of esters is 1. The van der Waals surface area contributed by atoms with Crippen LogP contribution in [0, 0.1) is 6.92 Å². The molecule has 0 fully saturated rings. The van der Waals surface area contributed by atoms with Gasteiger partial charge in [0, 0.05) is 10.5 Å². The Kier molecular flexibility index (Phi) is 7.26. The van der Waals surface area contributed by atoms with Gasteiger partial charge in [-0.15, -0.1) is 23.1 Å². The van der Waals surface area contributed by atoms with E-state index in [4.69, 9.17) is 4.74 Å². The quantitative estimate of drug-likeness (QED) is 0.406. The van der Waals surface area contributed by atoms with E-state index in [0.717, 1.165) is 10.5 Å². The molecule has 0 aliphatic heterocycles. The highest BCUT2D eigenvalue weighted by molar-refractivity contribution is 8.00. The number of rotatable bonds is 7. The van der Waals surface area contributed by atoms with E-state index in [2.05, 4.69) is 10.6 Å². The first-order valence-electron chi connectivity index (χ1n) is 9.03. The second kappa shape index (κ2) is 10.1. The van der Waals surface area contributed by atoms with E-state index < -0.39 is 5.97 Å². The number of thioether (sulfide) groups is 1. The molecule has 0 saturated heterocycles. The zero-order valence-corrected chi connectivity index (χ0v) is 18.1. The molecule has 0 aliphatic carbocycles. The van der Waals surface area contributed by atoms with Crippen LogP contribution in [0.15, 0.2) is 64.9 Å².